The topological polar surface area (TPSA) is 90.9 Å². The molecule has 32 heavy (non-hydrogen) atoms. The molecule has 0 fully saturated rings. The van der Waals surface area contributed by atoms with Gasteiger partial charge in [-0.1, -0.05) is 66.7 Å². The molecule has 3 aromatic rings. The Morgan fingerprint density at radius 1 is 0.500 bits per heavy atom. The van der Waals surface area contributed by atoms with Crippen LogP contribution in [0.1, 0.15) is 42.2 Å². The van der Waals surface area contributed by atoms with Gasteiger partial charge in [-0.2, -0.15) is 0 Å². The van der Waals surface area contributed by atoms with Gasteiger partial charge in [0.05, 0.1) is 16.7 Å². The van der Waals surface area contributed by atoms with Crippen LogP contribution in [0.5, 0.6) is 0 Å². The van der Waals surface area contributed by atoms with Crippen LogP contribution in [0.2, 0.25) is 0 Å². The summed E-state index contributed by atoms with van der Waals surface area (Å²) in [7, 11) is 0. The van der Waals surface area contributed by atoms with Gasteiger partial charge in [0.2, 0.25) is 5.78 Å². The highest BCUT2D eigenvalue weighted by molar-refractivity contribution is 6.36. The molecule has 0 aromatic heterocycles. The smallest absolute Gasteiger partial charge is 0.200 e. The molecule has 0 unspecified atom stereocenters. The van der Waals surface area contributed by atoms with Gasteiger partial charge in [-0.25, -0.2) is 0 Å². The molecule has 2 N–H and O–H groups in total. The minimum Gasteiger partial charge on any atom is -0.868 e. The molecule has 1 heterocycles. The van der Waals surface area contributed by atoms with E-state index in [1.165, 1.54) is 0 Å². The first-order valence-electron chi connectivity index (χ1n) is 10.2. The first kappa shape index (κ1) is 18.4. The number of nitrogens with two attached hydrogens (primary N) is 1. The maximum atomic E-state index is 13.7. The Morgan fingerprint density at radius 2 is 0.969 bits per heavy atom. The van der Waals surface area contributed by atoms with Crippen LogP contribution in [0.15, 0.2) is 101 Å². The van der Waals surface area contributed by atoms with Gasteiger partial charge in [0.15, 0.2) is 17.3 Å². The second-order valence-electron chi connectivity index (χ2n) is 7.87. The van der Waals surface area contributed by atoms with Gasteiger partial charge in [0.25, 0.3) is 0 Å². The van der Waals surface area contributed by atoms with Gasteiger partial charge in [0.1, 0.15) is 5.70 Å². The van der Waals surface area contributed by atoms with E-state index in [1.807, 2.05) is 30.3 Å². The highest BCUT2D eigenvalue weighted by Crippen LogP contribution is 2.41. The van der Waals surface area contributed by atoms with Crippen LogP contribution >= 0.6 is 0 Å². The summed E-state index contributed by atoms with van der Waals surface area (Å²) in [6.45, 7) is 0. The van der Waals surface area contributed by atoms with Crippen molar-refractivity contribution in [2.24, 2.45) is 0 Å². The Bertz CT molecular complexity index is 1490. The molecule has 0 saturated carbocycles. The monoisotopic (exact) mass is 417 g/mol. The van der Waals surface area contributed by atoms with Crippen molar-refractivity contribution < 1.29 is 24.8 Å². The van der Waals surface area contributed by atoms with Crippen LogP contribution < -0.4 is 10.4 Å². The number of fused-ring (bicyclic) bond motifs is 4. The van der Waals surface area contributed by atoms with E-state index in [-0.39, 0.29) is 45.1 Å². The normalized spacial score (nSPS) is 17.2. The van der Waals surface area contributed by atoms with Crippen molar-refractivity contribution in [2.75, 3.05) is 0 Å². The Kier molecular flexibility index (Phi) is 3.78. The molecule has 6 rings (SSSR count). The zero-order valence-corrected chi connectivity index (χ0v) is 16.7. The van der Waals surface area contributed by atoms with Crippen molar-refractivity contribution in [3.05, 3.63) is 129 Å². The summed E-state index contributed by atoms with van der Waals surface area (Å²) in [5.74, 6) is -1.47. The van der Waals surface area contributed by atoms with Crippen LogP contribution in [0.25, 0.3) is 11.5 Å². The van der Waals surface area contributed by atoms with Crippen molar-refractivity contribution in [3.8, 4) is 0 Å². The van der Waals surface area contributed by atoms with E-state index in [1.54, 1.807) is 53.8 Å². The van der Waals surface area contributed by atoms with E-state index in [0.717, 1.165) is 0 Å². The zero-order chi connectivity index (χ0) is 22.0. The summed E-state index contributed by atoms with van der Waals surface area (Å²) < 4.78 is 0. The van der Waals surface area contributed by atoms with Gasteiger partial charge in [-0.3, -0.25) is 19.7 Å². The van der Waals surface area contributed by atoms with Crippen molar-refractivity contribution in [1.82, 2.24) is 0 Å². The average Bonchev–Trinajstić information content (AvgIpc) is 2.85. The molecule has 5 heteroatoms. The quantitative estimate of drug-likeness (QED) is 0.658. The van der Waals surface area contributed by atoms with Gasteiger partial charge in [-0.15, -0.1) is 0 Å². The molecule has 0 atom stereocenters. The van der Waals surface area contributed by atoms with E-state index < -0.39 is 11.6 Å². The summed E-state index contributed by atoms with van der Waals surface area (Å²) in [6, 6.07) is 22.3. The molecule has 0 saturated heterocycles. The molecule has 0 amide bonds. The molecule has 3 aliphatic rings. The largest absolute Gasteiger partial charge is 0.868 e. The number of benzene rings is 3. The number of hydrogen-bond acceptors (Lipinski definition) is 4. The maximum absolute atomic E-state index is 13.7. The molecule has 5 nitrogen and oxygen atoms in total. The van der Waals surface area contributed by atoms with Gasteiger partial charge >= 0.3 is 0 Å². The van der Waals surface area contributed by atoms with Crippen LogP contribution in [0.3, 0.4) is 0 Å². The number of hydrogen-bond donors (Lipinski definition) is 1. The lowest BCUT2D eigenvalue weighted by molar-refractivity contribution is -0.510. The molecule has 1 aliphatic heterocycles. The molecular formula is C27H15NO4. The predicted molar refractivity (Wildman–Crippen MR) is 115 cm³/mol. The average molecular weight is 417 g/mol. The second kappa shape index (κ2) is 6.57. The molecule has 0 spiro atoms. The Labute approximate surface area is 183 Å². The second-order valence-corrected chi connectivity index (χ2v) is 7.87. The lowest BCUT2D eigenvalue weighted by Gasteiger charge is -2.33. The standard InChI is InChI=1S/C27H15NO4/c29-24-15-10-4-5-11-16(15)25(30)20-19(24)21-23(28-22(20)14-8-2-1-3-9-14)27(32)18-13-7-6-12-17(18)26(21)31/h1-13,28,32H. The summed E-state index contributed by atoms with van der Waals surface area (Å²) >= 11 is 0. The summed E-state index contributed by atoms with van der Waals surface area (Å²) in [6.07, 6.45) is 0. The highest BCUT2D eigenvalue weighted by Gasteiger charge is 2.46. The Balaban J connectivity index is 1.76. The number of Topliss-reactive ketones (excluding diaryl/α,β-unsaturated/α-hetero) is 3. The van der Waals surface area contributed by atoms with E-state index in [4.69, 9.17) is 0 Å². The number of carbonyl (C=O) groups excluding carboxylic acids is 3. The number of carbonyl (C=O) groups is 3. The number of allylic oxidation sites excluding steroid dienone is 3. The number of rotatable bonds is 1. The number of ketones is 3. The van der Waals surface area contributed by atoms with Crippen molar-refractivity contribution in [2.45, 2.75) is 0 Å². The zero-order valence-electron chi connectivity index (χ0n) is 16.7. The van der Waals surface area contributed by atoms with Gasteiger partial charge < -0.3 is 5.11 Å². The third-order valence-electron chi connectivity index (χ3n) is 6.17. The van der Waals surface area contributed by atoms with E-state index in [0.29, 0.717) is 22.4 Å². The summed E-state index contributed by atoms with van der Waals surface area (Å²) in [5, 5.41) is 15.0. The molecule has 2 aliphatic carbocycles. The van der Waals surface area contributed by atoms with Gasteiger partial charge in [-0.05, 0) is 23.5 Å². The van der Waals surface area contributed by atoms with Gasteiger partial charge in [0, 0.05) is 22.3 Å². The van der Waals surface area contributed by atoms with Crippen LogP contribution in [-0.2, 0) is 0 Å². The molecule has 3 aromatic carbocycles. The number of quaternary nitrogens is 1. The van der Waals surface area contributed by atoms with Crippen molar-refractivity contribution >= 4 is 28.8 Å². The lowest BCUT2D eigenvalue weighted by Crippen LogP contribution is -2.82. The molecule has 0 bridgehead atoms. The first-order chi connectivity index (χ1) is 15.6. The lowest BCUT2D eigenvalue weighted by atomic mass is 9.73. The third-order valence-corrected chi connectivity index (χ3v) is 6.17. The fourth-order valence-corrected chi connectivity index (χ4v) is 4.71. The van der Waals surface area contributed by atoms with Crippen LogP contribution in [-0.4, -0.2) is 17.3 Å². The molecular weight excluding hydrogens is 402 g/mol. The third kappa shape index (κ3) is 2.34. The van der Waals surface area contributed by atoms with Crippen LogP contribution in [0.4, 0.5) is 0 Å². The van der Waals surface area contributed by atoms with Crippen LogP contribution in [0, 0.1) is 0 Å². The fraction of sp³-hybridized carbons (Fsp3) is 0. The fourth-order valence-electron chi connectivity index (χ4n) is 4.71. The van der Waals surface area contributed by atoms with E-state index in [9.17, 15) is 19.5 Å². The van der Waals surface area contributed by atoms with Crippen molar-refractivity contribution in [1.29, 1.82) is 0 Å². The Morgan fingerprint density at radius 3 is 1.59 bits per heavy atom. The Hall–Kier alpha value is -4.35. The minimum absolute atomic E-state index is 0.0243. The SMILES string of the molecule is O=C1C2=C3C(=O)c4ccccc4C([O-])=C3[NH2+]C(c3ccccc3)=C2C(=O)c2ccccc21. The predicted octanol–water partition coefficient (Wildman–Crippen LogP) is 2.28. The van der Waals surface area contributed by atoms with Crippen molar-refractivity contribution in [3.63, 3.8) is 0 Å². The van der Waals surface area contributed by atoms with E-state index in [2.05, 4.69) is 0 Å². The highest BCUT2D eigenvalue weighted by atomic mass is 16.3. The summed E-state index contributed by atoms with van der Waals surface area (Å²) in [5.41, 5.74) is 2.67. The summed E-state index contributed by atoms with van der Waals surface area (Å²) in [4.78, 5) is 40.8. The minimum atomic E-state index is -0.412. The maximum Gasteiger partial charge on any atom is 0.200 e. The molecule has 152 valence electrons. The molecule has 0 radical (unpaired) electrons. The first-order valence-corrected chi connectivity index (χ1v) is 10.2. The van der Waals surface area contributed by atoms with E-state index >= 15 is 0 Å².